The second-order valence-electron chi connectivity index (χ2n) is 8.19. The molecule has 0 saturated carbocycles. The minimum Gasteiger partial charge on any atom is -0.497 e. The first-order chi connectivity index (χ1) is 16.8. The first kappa shape index (κ1) is 24.4. The summed E-state index contributed by atoms with van der Waals surface area (Å²) in [5.74, 6) is 0.941. The van der Waals surface area contributed by atoms with Crippen molar-refractivity contribution in [1.29, 1.82) is 0 Å². The Kier molecular flexibility index (Phi) is 7.16. The van der Waals surface area contributed by atoms with Gasteiger partial charge in [0.05, 0.1) is 38.2 Å². The standard InChI is InChI=1S/C26H28N2O6S/c1-18(21-15-20(32-2)13-14-23(21)33-3)27-26(29)25-16-28(22-11-7-8-12-24(22)34-25)35(30,31)17-19-9-5-4-6-10-19/h4-15,18,25H,16-17H2,1-3H3,(H,27,29)/t18-,25-/m1/s1. The second kappa shape index (κ2) is 10.3. The largest absolute Gasteiger partial charge is 0.497 e. The number of benzene rings is 3. The van der Waals surface area contributed by atoms with E-state index in [1.807, 2.05) is 13.0 Å². The van der Waals surface area contributed by atoms with E-state index in [1.54, 1.807) is 80.9 Å². The number of nitrogens with one attached hydrogen (secondary N) is 1. The number of fused-ring (bicyclic) bond motifs is 1. The summed E-state index contributed by atoms with van der Waals surface area (Å²) >= 11 is 0. The summed E-state index contributed by atoms with van der Waals surface area (Å²) < 4.78 is 44.7. The van der Waals surface area contributed by atoms with E-state index in [4.69, 9.17) is 14.2 Å². The third kappa shape index (κ3) is 5.35. The van der Waals surface area contributed by atoms with Crippen molar-refractivity contribution in [3.05, 3.63) is 83.9 Å². The number of hydrogen-bond donors (Lipinski definition) is 1. The Labute approximate surface area is 205 Å². The van der Waals surface area contributed by atoms with Crippen LogP contribution in [0.1, 0.15) is 24.1 Å². The zero-order chi connectivity index (χ0) is 25.0. The molecule has 184 valence electrons. The Bertz CT molecular complexity index is 1300. The van der Waals surface area contributed by atoms with Crippen molar-refractivity contribution in [3.8, 4) is 17.2 Å². The maximum absolute atomic E-state index is 13.4. The molecule has 3 aromatic rings. The molecular formula is C26H28N2O6S. The third-order valence-corrected chi connectivity index (χ3v) is 7.53. The number of ether oxygens (including phenoxy) is 3. The number of hydrogen-bond acceptors (Lipinski definition) is 6. The predicted octanol–water partition coefficient (Wildman–Crippen LogP) is 3.68. The first-order valence-corrected chi connectivity index (χ1v) is 12.8. The average molecular weight is 497 g/mol. The van der Waals surface area contributed by atoms with E-state index < -0.39 is 28.1 Å². The highest BCUT2D eigenvalue weighted by atomic mass is 32.2. The van der Waals surface area contributed by atoms with Crippen LogP contribution in [-0.2, 0) is 20.6 Å². The molecule has 1 N–H and O–H groups in total. The van der Waals surface area contributed by atoms with Gasteiger partial charge in [-0.1, -0.05) is 42.5 Å². The number of para-hydroxylation sites is 2. The summed E-state index contributed by atoms with van der Waals surface area (Å²) in [6, 6.07) is 20.6. The SMILES string of the molecule is COc1ccc(OC)c([C@@H](C)NC(=O)[C@H]2CN(S(=O)(=O)Cc3ccccc3)c3ccccc3O2)c1. The molecule has 1 amide bonds. The predicted molar refractivity (Wildman–Crippen MR) is 133 cm³/mol. The zero-order valence-corrected chi connectivity index (χ0v) is 20.6. The van der Waals surface area contributed by atoms with Gasteiger partial charge in [-0.25, -0.2) is 8.42 Å². The molecule has 0 spiro atoms. The number of rotatable bonds is 8. The summed E-state index contributed by atoms with van der Waals surface area (Å²) in [5.41, 5.74) is 1.80. The molecular weight excluding hydrogens is 468 g/mol. The minimum absolute atomic E-state index is 0.139. The lowest BCUT2D eigenvalue weighted by molar-refractivity contribution is -0.128. The van der Waals surface area contributed by atoms with E-state index in [0.717, 1.165) is 5.56 Å². The lowest BCUT2D eigenvalue weighted by atomic mass is 10.1. The lowest BCUT2D eigenvalue weighted by Gasteiger charge is -2.35. The van der Waals surface area contributed by atoms with Crippen LogP contribution in [0.5, 0.6) is 17.2 Å². The maximum Gasteiger partial charge on any atom is 0.263 e. The summed E-state index contributed by atoms with van der Waals surface area (Å²) in [6.07, 6.45) is -1.03. The Balaban J connectivity index is 1.58. The molecule has 0 unspecified atom stereocenters. The molecule has 2 atom stereocenters. The third-order valence-electron chi connectivity index (χ3n) is 5.82. The second-order valence-corrected chi connectivity index (χ2v) is 10.1. The Hall–Kier alpha value is -3.72. The summed E-state index contributed by atoms with van der Waals surface area (Å²) in [6.45, 7) is 1.68. The molecule has 0 radical (unpaired) electrons. The van der Waals surface area contributed by atoms with E-state index >= 15 is 0 Å². The first-order valence-electron chi connectivity index (χ1n) is 11.1. The van der Waals surface area contributed by atoms with Gasteiger partial charge in [-0.3, -0.25) is 9.10 Å². The fourth-order valence-electron chi connectivity index (χ4n) is 4.03. The van der Waals surface area contributed by atoms with Crippen LogP contribution in [0.4, 0.5) is 5.69 Å². The van der Waals surface area contributed by atoms with Gasteiger partial charge >= 0.3 is 0 Å². The van der Waals surface area contributed by atoms with Crippen LogP contribution < -0.4 is 23.8 Å². The van der Waals surface area contributed by atoms with E-state index in [-0.39, 0.29) is 12.3 Å². The van der Waals surface area contributed by atoms with E-state index in [1.165, 1.54) is 4.31 Å². The number of carbonyl (C=O) groups excluding carboxylic acids is 1. The monoisotopic (exact) mass is 496 g/mol. The summed E-state index contributed by atoms with van der Waals surface area (Å²) in [5, 5.41) is 2.92. The number of sulfonamides is 1. The normalized spacial score (nSPS) is 16.0. The zero-order valence-electron chi connectivity index (χ0n) is 19.8. The topological polar surface area (TPSA) is 94.2 Å². The Morgan fingerprint density at radius 1 is 1.06 bits per heavy atom. The van der Waals surface area contributed by atoms with Gasteiger partial charge in [-0.2, -0.15) is 0 Å². The van der Waals surface area contributed by atoms with Gasteiger partial charge in [0.1, 0.15) is 17.2 Å². The molecule has 0 fully saturated rings. The fourth-order valence-corrected chi connectivity index (χ4v) is 5.61. The molecule has 3 aromatic carbocycles. The smallest absolute Gasteiger partial charge is 0.263 e. The van der Waals surface area contributed by atoms with E-state index in [9.17, 15) is 13.2 Å². The van der Waals surface area contributed by atoms with Crippen molar-refractivity contribution in [1.82, 2.24) is 5.32 Å². The maximum atomic E-state index is 13.4. The number of anilines is 1. The lowest BCUT2D eigenvalue weighted by Crippen LogP contribution is -2.51. The van der Waals surface area contributed by atoms with Crippen LogP contribution in [0.2, 0.25) is 0 Å². The highest BCUT2D eigenvalue weighted by Gasteiger charge is 2.37. The molecule has 0 bridgehead atoms. The Morgan fingerprint density at radius 3 is 2.49 bits per heavy atom. The summed E-state index contributed by atoms with van der Waals surface area (Å²) in [4.78, 5) is 13.2. The number of methoxy groups -OCH3 is 2. The highest BCUT2D eigenvalue weighted by molar-refractivity contribution is 7.92. The van der Waals surface area contributed by atoms with Gasteiger partial charge in [-0.05, 0) is 42.8 Å². The summed E-state index contributed by atoms with van der Waals surface area (Å²) in [7, 11) is -0.666. The van der Waals surface area contributed by atoms with Crippen molar-refractivity contribution in [2.45, 2.75) is 24.8 Å². The molecule has 1 aliphatic rings. The van der Waals surface area contributed by atoms with Gasteiger partial charge in [0.25, 0.3) is 5.91 Å². The number of amides is 1. The van der Waals surface area contributed by atoms with Crippen molar-refractivity contribution >= 4 is 21.6 Å². The minimum atomic E-state index is -3.78. The molecule has 0 aliphatic carbocycles. The molecule has 1 aliphatic heterocycles. The molecule has 4 rings (SSSR count). The van der Waals surface area contributed by atoms with Gasteiger partial charge in [0, 0.05) is 5.56 Å². The number of nitrogens with zero attached hydrogens (tertiary/aromatic N) is 1. The van der Waals surface area contributed by atoms with Gasteiger partial charge in [0.15, 0.2) is 6.10 Å². The van der Waals surface area contributed by atoms with Crippen molar-refractivity contribution in [2.24, 2.45) is 0 Å². The fraction of sp³-hybridized carbons (Fsp3) is 0.269. The number of carbonyl (C=O) groups is 1. The molecule has 0 aromatic heterocycles. The molecule has 9 heteroatoms. The van der Waals surface area contributed by atoms with Gasteiger partial charge in [-0.15, -0.1) is 0 Å². The van der Waals surface area contributed by atoms with Gasteiger partial charge < -0.3 is 19.5 Å². The van der Waals surface area contributed by atoms with Crippen LogP contribution in [0.15, 0.2) is 72.8 Å². The van der Waals surface area contributed by atoms with Crippen LogP contribution >= 0.6 is 0 Å². The quantitative estimate of drug-likeness (QED) is 0.511. The van der Waals surface area contributed by atoms with Crippen LogP contribution in [0.3, 0.4) is 0 Å². The van der Waals surface area contributed by atoms with Gasteiger partial charge in [0.2, 0.25) is 10.0 Å². The van der Waals surface area contributed by atoms with Crippen molar-refractivity contribution in [3.63, 3.8) is 0 Å². The van der Waals surface area contributed by atoms with E-state index in [0.29, 0.717) is 28.5 Å². The van der Waals surface area contributed by atoms with E-state index in [2.05, 4.69) is 5.32 Å². The van der Waals surface area contributed by atoms with Crippen LogP contribution in [-0.4, -0.2) is 41.2 Å². The highest BCUT2D eigenvalue weighted by Crippen LogP contribution is 2.36. The molecule has 8 nitrogen and oxygen atoms in total. The van der Waals surface area contributed by atoms with Crippen LogP contribution in [0.25, 0.3) is 0 Å². The van der Waals surface area contributed by atoms with Crippen molar-refractivity contribution < 1.29 is 27.4 Å². The molecule has 1 heterocycles. The molecule has 35 heavy (non-hydrogen) atoms. The molecule has 0 saturated heterocycles. The van der Waals surface area contributed by atoms with Crippen molar-refractivity contribution in [2.75, 3.05) is 25.1 Å². The average Bonchev–Trinajstić information content (AvgIpc) is 2.87. The van der Waals surface area contributed by atoms with Crippen LogP contribution in [0, 0.1) is 0 Å². The Morgan fingerprint density at radius 2 is 1.77 bits per heavy atom.